The minimum absolute atomic E-state index is 0.264. The zero-order chi connectivity index (χ0) is 22.1. The second kappa shape index (κ2) is 8.30. The quantitative estimate of drug-likeness (QED) is 0.481. The average Bonchev–Trinajstić information content (AvgIpc) is 3.39. The molecule has 1 amide bonds. The van der Waals surface area contributed by atoms with E-state index in [9.17, 15) is 9.18 Å². The Morgan fingerprint density at radius 2 is 1.72 bits per heavy atom. The molecule has 4 aromatic rings. The molecule has 2 heterocycles. The first-order valence-corrected chi connectivity index (χ1v) is 10.6. The lowest BCUT2D eigenvalue weighted by Crippen LogP contribution is -2.21. The van der Waals surface area contributed by atoms with Crippen molar-refractivity contribution in [1.29, 1.82) is 0 Å². The lowest BCUT2D eigenvalue weighted by atomic mass is 10.1. The summed E-state index contributed by atoms with van der Waals surface area (Å²) in [6.07, 6.45) is 2.51. The molecule has 1 aromatic heterocycles. The Labute approximate surface area is 186 Å². The highest BCUT2D eigenvalue weighted by atomic mass is 19.1. The van der Waals surface area contributed by atoms with E-state index in [4.69, 9.17) is 0 Å². The molecule has 5 nitrogen and oxygen atoms in total. The molecule has 0 aliphatic carbocycles. The molecule has 0 atom stereocenters. The molecule has 160 valence electrons. The summed E-state index contributed by atoms with van der Waals surface area (Å²) in [5.41, 5.74) is 5.71. The zero-order valence-electron chi connectivity index (χ0n) is 17.8. The fraction of sp³-hybridized carbons (Fsp3) is 0.154. The van der Waals surface area contributed by atoms with Crippen LogP contribution in [0.2, 0.25) is 0 Å². The Morgan fingerprint density at radius 1 is 1.00 bits per heavy atom. The van der Waals surface area contributed by atoms with Crippen molar-refractivity contribution in [3.05, 3.63) is 107 Å². The predicted octanol–water partition coefficient (Wildman–Crippen LogP) is 5.13. The van der Waals surface area contributed by atoms with Crippen LogP contribution >= 0.6 is 0 Å². The van der Waals surface area contributed by atoms with Gasteiger partial charge in [0.15, 0.2) is 0 Å². The van der Waals surface area contributed by atoms with Crippen molar-refractivity contribution >= 4 is 17.3 Å². The van der Waals surface area contributed by atoms with Crippen molar-refractivity contribution in [3.8, 4) is 5.69 Å². The van der Waals surface area contributed by atoms with Gasteiger partial charge in [-0.1, -0.05) is 48.5 Å². The number of anilines is 2. The van der Waals surface area contributed by atoms with E-state index in [1.165, 1.54) is 28.2 Å². The highest BCUT2D eigenvalue weighted by Crippen LogP contribution is 2.30. The van der Waals surface area contributed by atoms with Crippen molar-refractivity contribution in [2.24, 2.45) is 0 Å². The predicted molar refractivity (Wildman–Crippen MR) is 124 cm³/mol. The summed E-state index contributed by atoms with van der Waals surface area (Å²) in [6.45, 7) is 3.43. The molecule has 0 unspecified atom stereocenters. The average molecular weight is 426 g/mol. The number of hydrogen-bond acceptors (Lipinski definition) is 3. The van der Waals surface area contributed by atoms with Crippen LogP contribution in [0, 0.1) is 12.7 Å². The highest BCUT2D eigenvalue weighted by molar-refractivity contribution is 6.05. The summed E-state index contributed by atoms with van der Waals surface area (Å²) < 4.78 is 15.7. The second-order valence-electron chi connectivity index (χ2n) is 7.92. The van der Waals surface area contributed by atoms with Crippen LogP contribution < -0.4 is 10.2 Å². The fourth-order valence-corrected chi connectivity index (χ4v) is 4.25. The number of fused-ring (bicyclic) bond motifs is 1. The van der Waals surface area contributed by atoms with Crippen LogP contribution in [0.4, 0.5) is 15.8 Å². The van der Waals surface area contributed by atoms with Crippen molar-refractivity contribution in [2.45, 2.75) is 19.9 Å². The molecule has 0 radical (unpaired) electrons. The molecule has 6 heteroatoms. The SMILES string of the molecule is Cc1c(C(=O)Nc2ccccc2CN2CCc3ccccc32)cnn1-c1ccccc1F. The largest absolute Gasteiger partial charge is 0.367 e. The standard InChI is InChI=1S/C26H23FN4O/c1-18-21(16-28-31(18)25-13-7-4-10-22(25)27)26(32)29-23-11-5-2-9-20(23)17-30-15-14-19-8-3-6-12-24(19)30/h2-13,16H,14-15,17H2,1H3,(H,29,32). The number of aromatic nitrogens is 2. The Hall–Kier alpha value is -3.93. The number of carbonyl (C=O) groups is 1. The summed E-state index contributed by atoms with van der Waals surface area (Å²) in [4.78, 5) is 15.4. The van der Waals surface area contributed by atoms with Crippen LogP contribution in [-0.2, 0) is 13.0 Å². The molecule has 0 saturated heterocycles. The number of carbonyl (C=O) groups excluding carboxylic acids is 1. The van der Waals surface area contributed by atoms with Gasteiger partial charge in [-0.3, -0.25) is 4.79 Å². The summed E-state index contributed by atoms with van der Waals surface area (Å²) in [7, 11) is 0. The Bertz CT molecular complexity index is 1300. The zero-order valence-corrected chi connectivity index (χ0v) is 17.8. The van der Waals surface area contributed by atoms with E-state index in [1.807, 2.05) is 24.3 Å². The minimum atomic E-state index is -0.387. The molecule has 0 fully saturated rings. The van der Waals surface area contributed by atoms with Gasteiger partial charge >= 0.3 is 0 Å². The van der Waals surface area contributed by atoms with E-state index in [0.29, 0.717) is 23.5 Å². The van der Waals surface area contributed by atoms with Gasteiger partial charge in [-0.15, -0.1) is 0 Å². The molecule has 0 saturated carbocycles. The van der Waals surface area contributed by atoms with E-state index in [-0.39, 0.29) is 11.7 Å². The van der Waals surface area contributed by atoms with Crippen LogP contribution in [0.25, 0.3) is 5.69 Å². The number of benzene rings is 3. The lowest BCUT2D eigenvalue weighted by molar-refractivity contribution is 0.102. The third-order valence-electron chi connectivity index (χ3n) is 5.95. The van der Waals surface area contributed by atoms with Crippen LogP contribution in [0.15, 0.2) is 79.0 Å². The highest BCUT2D eigenvalue weighted by Gasteiger charge is 2.21. The number of para-hydroxylation sites is 3. The smallest absolute Gasteiger partial charge is 0.259 e. The third kappa shape index (κ3) is 3.64. The molecule has 0 bridgehead atoms. The summed E-state index contributed by atoms with van der Waals surface area (Å²) in [5, 5.41) is 7.28. The van der Waals surface area contributed by atoms with Gasteiger partial charge in [0, 0.05) is 24.5 Å². The topological polar surface area (TPSA) is 50.2 Å². The monoisotopic (exact) mass is 426 g/mol. The lowest BCUT2D eigenvalue weighted by Gasteiger charge is -2.21. The number of amides is 1. The fourth-order valence-electron chi connectivity index (χ4n) is 4.25. The van der Waals surface area contributed by atoms with E-state index in [1.54, 1.807) is 25.1 Å². The summed E-state index contributed by atoms with van der Waals surface area (Å²) in [6, 6.07) is 22.7. The maximum atomic E-state index is 14.2. The first kappa shape index (κ1) is 20.0. The van der Waals surface area contributed by atoms with Gasteiger partial charge in [0.2, 0.25) is 0 Å². The normalized spacial score (nSPS) is 12.6. The molecule has 5 rings (SSSR count). The van der Waals surface area contributed by atoms with Crippen LogP contribution in [0.5, 0.6) is 0 Å². The van der Waals surface area contributed by atoms with Crippen LogP contribution in [0.1, 0.15) is 27.2 Å². The van der Waals surface area contributed by atoms with Gasteiger partial charge in [0.25, 0.3) is 5.91 Å². The number of hydrogen-bond donors (Lipinski definition) is 1. The minimum Gasteiger partial charge on any atom is -0.367 e. The first-order valence-electron chi connectivity index (χ1n) is 10.6. The molecule has 3 aromatic carbocycles. The van der Waals surface area contributed by atoms with Gasteiger partial charge in [-0.05, 0) is 48.7 Å². The van der Waals surface area contributed by atoms with Crippen molar-refractivity contribution in [1.82, 2.24) is 9.78 Å². The molecule has 1 aliphatic rings. The number of nitrogens with one attached hydrogen (secondary N) is 1. The van der Waals surface area contributed by atoms with Gasteiger partial charge in [0.05, 0.1) is 17.5 Å². The third-order valence-corrected chi connectivity index (χ3v) is 5.95. The molecule has 1 N–H and O–H groups in total. The van der Waals surface area contributed by atoms with Gasteiger partial charge in [0.1, 0.15) is 11.5 Å². The van der Waals surface area contributed by atoms with E-state index in [2.05, 4.69) is 39.6 Å². The Balaban J connectivity index is 1.38. The number of halogens is 1. The summed E-state index contributed by atoms with van der Waals surface area (Å²) >= 11 is 0. The Morgan fingerprint density at radius 3 is 2.56 bits per heavy atom. The molecular weight excluding hydrogens is 403 g/mol. The van der Waals surface area contributed by atoms with E-state index in [0.717, 1.165) is 24.2 Å². The van der Waals surface area contributed by atoms with Gasteiger partial charge < -0.3 is 10.2 Å². The van der Waals surface area contributed by atoms with Crippen molar-refractivity contribution in [3.63, 3.8) is 0 Å². The molecular formula is C26H23FN4O. The van der Waals surface area contributed by atoms with Crippen LogP contribution in [0.3, 0.4) is 0 Å². The first-order chi connectivity index (χ1) is 15.6. The van der Waals surface area contributed by atoms with Gasteiger partial charge in [-0.2, -0.15) is 5.10 Å². The van der Waals surface area contributed by atoms with E-state index < -0.39 is 0 Å². The van der Waals surface area contributed by atoms with Crippen molar-refractivity contribution in [2.75, 3.05) is 16.8 Å². The molecule has 1 aliphatic heterocycles. The second-order valence-corrected chi connectivity index (χ2v) is 7.92. The summed E-state index contributed by atoms with van der Waals surface area (Å²) in [5.74, 6) is -0.652. The molecule has 0 spiro atoms. The number of rotatable bonds is 5. The maximum Gasteiger partial charge on any atom is 0.259 e. The maximum absolute atomic E-state index is 14.2. The van der Waals surface area contributed by atoms with Gasteiger partial charge in [-0.25, -0.2) is 9.07 Å². The molecule has 32 heavy (non-hydrogen) atoms. The number of nitrogens with zero attached hydrogens (tertiary/aromatic N) is 3. The van der Waals surface area contributed by atoms with E-state index >= 15 is 0 Å². The van der Waals surface area contributed by atoms with Crippen LogP contribution in [-0.4, -0.2) is 22.2 Å². The van der Waals surface area contributed by atoms with Crippen molar-refractivity contribution < 1.29 is 9.18 Å². The Kier molecular flexibility index (Phi) is 5.19.